The van der Waals surface area contributed by atoms with Crippen LogP contribution in [0.2, 0.25) is 5.02 Å². The molecule has 0 saturated carbocycles. The van der Waals surface area contributed by atoms with Gasteiger partial charge in [-0.25, -0.2) is 4.98 Å². The normalized spacial score (nSPS) is 25.5. The predicted molar refractivity (Wildman–Crippen MR) is 118 cm³/mol. The molecular weight excluding hydrogens is 434 g/mol. The van der Waals surface area contributed by atoms with E-state index in [0.717, 1.165) is 11.1 Å². The Bertz CT molecular complexity index is 1030. The van der Waals surface area contributed by atoms with E-state index < -0.39 is 37.1 Å². The van der Waals surface area contributed by atoms with Gasteiger partial charge in [-0.3, -0.25) is 0 Å². The molecule has 0 bridgehead atoms. The van der Waals surface area contributed by atoms with Crippen molar-refractivity contribution in [2.45, 2.75) is 36.9 Å². The number of hydrogen-bond donors (Lipinski definition) is 4. The highest BCUT2D eigenvalue weighted by Gasteiger charge is 2.44. The van der Waals surface area contributed by atoms with E-state index in [-0.39, 0.29) is 0 Å². The number of aromatic nitrogens is 1. The summed E-state index contributed by atoms with van der Waals surface area (Å²) in [6.45, 7) is -0.477. The van der Waals surface area contributed by atoms with Crippen LogP contribution in [0.4, 0.5) is 0 Å². The van der Waals surface area contributed by atoms with Crippen molar-refractivity contribution in [3.63, 3.8) is 0 Å². The molecule has 1 saturated heterocycles. The fourth-order valence-corrected chi connectivity index (χ4v) is 3.89. The molecule has 0 unspecified atom stereocenters. The fraction of sp³-hybridized carbons (Fsp3) is 0.292. The van der Waals surface area contributed by atoms with E-state index in [9.17, 15) is 20.4 Å². The number of halogens is 1. The quantitative estimate of drug-likeness (QED) is 0.450. The van der Waals surface area contributed by atoms with Crippen molar-refractivity contribution in [2.24, 2.45) is 0 Å². The third kappa shape index (κ3) is 4.94. The topological polar surface area (TPSA) is 112 Å². The molecule has 0 amide bonds. The Morgan fingerprint density at radius 2 is 1.72 bits per heavy atom. The molecule has 2 aromatic carbocycles. The van der Waals surface area contributed by atoms with Crippen molar-refractivity contribution in [2.75, 3.05) is 6.61 Å². The van der Waals surface area contributed by atoms with Crippen LogP contribution in [0.1, 0.15) is 22.8 Å². The second kappa shape index (κ2) is 9.95. The van der Waals surface area contributed by atoms with Crippen LogP contribution in [0, 0.1) is 0 Å². The Morgan fingerprint density at radius 1 is 0.938 bits per heavy atom. The van der Waals surface area contributed by atoms with Gasteiger partial charge in [0.2, 0.25) is 5.88 Å². The van der Waals surface area contributed by atoms with Gasteiger partial charge in [-0.15, -0.1) is 0 Å². The highest BCUT2D eigenvalue weighted by molar-refractivity contribution is 6.31. The first kappa shape index (κ1) is 22.7. The van der Waals surface area contributed by atoms with Crippen LogP contribution in [0.15, 0.2) is 66.9 Å². The van der Waals surface area contributed by atoms with Crippen LogP contribution in [0.25, 0.3) is 0 Å². The summed E-state index contributed by atoms with van der Waals surface area (Å²) in [7, 11) is 0. The van der Waals surface area contributed by atoms with E-state index in [1.54, 1.807) is 30.5 Å². The molecule has 1 aromatic heterocycles. The maximum absolute atomic E-state index is 10.4. The molecule has 32 heavy (non-hydrogen) atoms. The van der Waals surface area contributed by atoms with Crippen LogP contribution in [-0.4, -0.2) is 56.4 Å². The van der Waals surface area contributed by atoms with Crippen molar-refractivity contribution < 1.29 is 29.9 Å². The molecule has 3 aromatic rings. The number of ether oxygens (including phenoxy) is 2. The summed E-state index contributed by atoms with van der Waals surface area (Å²) in [5.41, 5.74) is 2.39. The number of aliphatic hydroxyl groups excluding tert-OH is 4. The monoisotopic (exact) mass is 457 g/mol. The molecule has 0 radical (unpaired) electrons. The highest BCUT2D eigenvalue weighted by atomic mass is 35.5. The van der Waals surface area contributed by atoms with Gasteiger partial charge in [-0.2, -0.15) is 0 Å². The van der Waals surface area contributed by atoms with Crippen molar-refractivity contribution >= 4 is 11.6 Å². The lowest BCUT2D eigenvalue weighted by Crippen LogP contribution is -2.55. The summed E-state index contributed by atoms with van der Waals surface area (Å²) in [5, 5.41) is 40.5. The van der Waals surface area contributed by atoms with Gasteiger partial charge in [0.25, 0.3) is 0 Å². The Hall–Kier alpha value is -2.52. The minimum atomic E-state index is -1.43. The number of nitrogens with zero attached hydrogens (tertiary/aromatic N) is 1. The third-order valence-corrected chi connectivity index (χ3v) is 5.84. The number of pyridine rings is 1. The molecule has 1 aliphatic rings. The third-order valence-electron chi connectivity index (χ3n) is 5.47. The lowest BCUT2D eigenvalue weighted by molar-refractivity contribution is -0.231. The van der Waals surface area contributed by atoms with Gasteiger partial charge in [0.1, 0.15) is 36.3 Å². The highest BCUT2D eigenvalue weighted by Crippen LogP contribution is 2.34. The Morgan fingerprint density at radius 3 is 2.41 bits per heavy atom. The first-order valence-corrected chi connectivity index (χ1v) is 10.6. The van der Waals surface area contributed by atoms with E-state index in [1.165, 1.54) is 0 Å². The zero-order chi connectivity index (χ0) is 22.7. The maximum atomic E-state index is 10.4. The van der Waals surface area contributed by atoms with Gasteiger partial charge >= 0.3 is 0 Å². The molecule has 4 rings (SSSR count). The Labute approximate surface area is 190 Å². The average Bonchev–Trinajstić information content (AvgIpc) is 2.81. The van der Waals surface area contributed by atoms with Crippen molar-refractivity contribution in [3.05, 3.63) is 88.6 Å². The van der Waals surface area contributed by atoms with Crippen LogP contribution in [-0.2, 0) is 11.2 Å². The Balaban J connectivity index is 1.50. The molecule has 168 valence electrons. The molecule has 1 fully saturated rings. The van der Waals surface area contributed by atoms with Gasteiger partial charge in [0, 0.05) is 17.3 Å². The standard InChI is InChI=1S/C24H24ClNO6/c25-18-9-6-15(24-23(30)22(29)21(28)19(13-27)32-24)12-16(18)11-14-4-7-17(8-5-14)31-20-3-1-2-10-26-20/h1-10,12,19,21-24,27-30H,11,13H2/t19-,21-,22+,23-,24+/m1/s1. The first-order valence-electron chi connectivity index (χ1n) is 10.2. The van der Waals surface area contributed by atoms with Gasteiger partial charge < -0.3 is 29.9 Å². The molecule has 7 nitrogen and oxygen atoms in total. The minimum Gasteiger partial charge on any atom is -0.439 e. The first-order chi connectivity index (χ1) is 15.5. The molecule has 4 N–H and O–H groups in total. The molecule has 0 spiro atoms. The Kier molecular flexibility index (Phi) is 7.05. The number of hydrogen-bond acceptors (Lipinski definition) is 7. The fourth-order valence-electron chi connectivity index (χ4n) is 3.71. The lowest BCUT2D eigenvalue weighted by Gasteiger charge is -2.40. The smallest absolute Gasteiger partial charge is 0.219 e. The molecule has 0 aliphatic carbocycles. The molecular formula is C24H24ClNO6. The van der Waals surface area contributed by atoms with Gasteiger partial charge in [-0.05, 0) is 47.4 Å². The van der Waals surface area contributed by atoms with Gasteiger partial charge in [0.15, 0.2) is 0 Å². The molecule has 8 heteroatoms. The zero-order valence-corrected chi connectivity index (χ0v) is 17.8. The van der Waals surface area contributed by atoms with Crippen LogP contribution in [0.5, 0.6) is 11.6 Å². The van der Waals surface area contributed by atoms with Crippen molar-refractivity contribution in [1.29, 1.82) is 0 Å². The van der Waals surface area contributed by atoms with Gasteiger partial charge in [-0.1, -0.05) is 41.9 Å². The second-order valence-corrected chi connectivity index (χ2v) is 8.10. The number of benzene rings is 2. The number of aliphatic hydroxyl groups is 4. The predicted octanol–water partition coefficient (Wildman–Crippen LogP) is 2.63. The van der Waals surface area contributed by atoms with E-state index >= 15 is 0 Å². The summed E-state index contributed by atoms with van der Waals surface area (Å²) in [5.74, 6) is 1.17. The zero-order valence-electron chi connectivity index (χ0n) is 17.1. The lowest BCUT2D eigenvalue weighted by atomic mass is 9.90. The molecule has 2 heterocycles. The van der Waals surface area contributed by atoms with E-state index in [2.05, 4.69) is 4.98 Å². The molecule has 5 atom stereocenters. The summed E-state index contributed by atoms with van der Waals surface area (Å²) >= 11 is 6.40. The second-order valence-electron chi connectivity index (χ2n) is 7.69. The van der Waals surface area contributed by atoms with Crippen molar-refractivity contribution in [1.82, 2.24) is 4.98 Å². The summed E-state index contributed by atoms with van der Waals surface area (Å²) in [6.07, 6.45) is -3.87. The van der Waals surface area contributed by atoms with E-state index in [0.29, 0.717) is 28.6 Å². The van der Waals surface area contributed by atoms with Crippen LogP contribution in [0.3, 0.4) is 0 Å². The van der Waals surface area contributed by atoms with Crippen LogP contribution >= 0.6 is 11.6 Å². The SMILES string of the molecule is OC[C@H]1O[C@@H](c2ccc(Cl)c(Cc3ccc(Oc4ccccn4)cc3)c2)[C@H](O)[C@@H](O)[C@@H]1O. The molecule has 1 aliphatic heterocycles. The summed E-state index contributed by atoms with van der Waals surface area (Å²) in [4.78, 5) is 4.14. The van der Waals surface area contributed by atoms with E-state index in [4.69, 9.17) is 21.1 Å². The summed E-state index contributed by atoms with van der Waals surface area (Å²) < 4.78 is 11.4. The largest absolute Gasteiger partial charge is 0.439 e. The average molecular weight is 458 g/mol. The maximum Gasteiger partial charge on any atom is 0.219 e. The minimum absolute atomic E-state index is 0.477. The summed E-state index contributed by atoms with van der Waals surface area (Å²) in [6, 6.07) is 18.2. The van der Waals surface area contributed by atoms with Crippen LogP contribution < -0.4 is 4.74 Å². The van der Waals surface area contributed by atoms with E-state index in [1.807, 2.05) is 36.4 Å². The van der Waals surface area contributed by atoms with Crippen molar-refractivity contribution in [3.8, 4) is 11.6 Å². The number of rotatable bonds is 6. The van der Waals surface area contributed by atoms with Gasteiger partial charge in [0.05, 0.1) is 6.61 Å².